The number of amides is 1. The van der Waals surface area contributed by atoms with E-state index >= 15 is 0 Å². The third kappa shape index (κ3) is 28.8. The smallest absolute Gasteiger partial charge is 0.303 e. The number of carbonyl (C=O) groups excluding carboxylic acids is 3. The molecule has 2 rings (SSSR count). The molecule has 0 saturated heterocycles. The number of hydrazine groups is 1. The van der Waals surface area contributed by atoms with Crippen molar-refractivity contribution in [1.82, 2.24) is 10.3 Å². The van der Waals surface area contributed by atoms with Gasteiger partial charge in [0.2, 0.25) is 22.4 Å². The molecule has 0 aliphatic heterocycles. The number of nitrogens with zero attached hydrogens (tertiary/aromatic N) is 1. The average Bonchev–Trinajstić information content (AvgIpc) is 3.55. The summed E-state index contributed by atoms with van der Waals surface area (Å²) < 4.78 is 23.4. The molecule has 0 atom stereocenters. The lowest BCUT2D eigenvalue weighted by molar-refractivity contribution is -0.683. The van der Waals surface area contributed by atoms with E-state index in [-0.39, 0.29) is 31.7 Å². The molecule has 3 N–H and O–H groups in total. The molecule has 0 aromatic carbocycles. The molecule has 0 radical (unpaired) electrons. The van der Waals surface area contributed by atoms with Crippen LogP contribution in [0.2, 0.25) is 0 Å². The second-order valence-electron chi connectivity index (χ2n) is 11.0. The van der Waals surface area contributed by atoms with Gasteiger partial charge in [-0.1, -0.05) is 104 Å². The Bertz CT molecular complexity index is 1210. The van der Waals surface area contributed by atoms with Crippen LogP contribution in [0.15, 0.2) is 42.0 Å². The first-order valence-electron chi connectivity index (χ1n) is 16.1. The van der Waals surface area contributed by atoms with Crippen LogP contribution in [-0.2, 0) is 26.2 Å². The van der Waals surface area contributed by atoms with Gasteiger partial charge in [0, 0.05) is 18.5 Å². The van der Waals surface area contributed by atoms with Gasteiger partial charge in [0.15, 0.2) is 12.4 Å². The van der Waals surface area contributed by atoms with Crippen LogP contribution in [0.1, 0.15) is 144 Å². The third-order valence-corrected chi connectivity index (χ3v) is 7.95. The van der Waals surface area contributed by atoms with Crippen LogP contribution in [0.5, 0.6) is 0 Å². The Morgan fingerprint density at radius 3 is 1.83 bits per heavy atom. The molecule has 2 aromatic heterocycles. The zero-order valence-electron chi connectivity index (χ0n) is 27.6. The number of sulfonamides is 1. The molecule has 0 unspecified atom stereocenters. The van der Waals surface area contributed by atoms with Gasteiger partial charge in [-0.3, -0.25) is 19.8 Å². The van der Waals surface area contributed by atoms with Gasteiger partial charge in [-0.15, -0.1) is 16.2 Å². The highest BCUT2D eigenvalue weighted by molar-refractivity contribution is 7.88. The second kappa shape index (κ2) is 29.0. The molecule has 0 aliphatic rings. The quantitative estimate of drug-likeness (QED) is 0.0595. The predicted octanol–water partition coefficient (Wildman–Crippen LogP) is 5.84. The van der Waals surface area contributed by atoms with E-state index in [0.29, 0.717) is 11.3 Å². The number of carboxylic acids is 2. The number of rotatable bonds is 22. The molecular formula is C34H57N3O8S2. The molecule has 268 valence electrons. The van der Waals surface area contributed by atoms with Gasteiger partial charge < -0.3 is 15.0 Å². The topological polar surface area (TPSA) is 174 Å². The van der Waals surface area contributed by atoms with Gasteiger partial charge in [0.25, 0.3) is 5.91 Å². The largest absolute Gasteiger partial charge is 0.550 e. The van der Waals surface area contributed by atoms with Gasteiger partial charge >= 0.3 is 5.97 Å². The number of hydrogen-bond donors (Lipinski definition) is 3. The minimum absolute atomic E-state index is 0. The van der Waals surface area contributed by atoms with Crippen LogP contribution >= 0.6 is 11.3 Å². The van der Waals surface area contributed by atoms with Crippen molar-refractivity contribution in [3.63, 3.8) is 0 Å². The molecule has 1 amide bonds. The van der Waals surface area contributed by atoms with Crippen LogP contribution < -0.4 is 19.9 Å². The maximum absolute atomic E-state index is 12.0. The maximum Gasteiger partial charge on any atom is 0.303 e. The van der Waals surface area contributed by atoms with Gasteiger partial charge in [-0.2, -0.15) is 4.57 Å². The van der Waals surface area contributed by atoms with Crippen LogP contribution in [0.3, 0.4) is 0 Å². The first-order chi connectivity index (χ1) is 21.9. The lowest BCUT2D eigenvalue weighted by Gasteiger charge is -2.04. The number of unbranched alkanes of at least 4 members (excludes halogenated alkanes) is 12. The average molecular weight is 700 g/mol. The van der Waals surface area contributed by atoms with Gasteiger partial charge in [0.05, 0.1) is 11.1 Å². The van der Waals surface area contributed by atoms with Gasteiger partial charge in [-0.05, 0) is 36.8 Å². The van der Waals surface area contributed by atoms with Crippen molar-refractivity contribution in [2.75, 3.05) is 6.26 Å². The van der Waals surface area contributed by atoms with Crippen molar-refractivity contribution in [2.24, 2.45) is 0 Å². The molecule has 0 aliphatic carbocycles. The highest BCUT2D eigenvalue weighted by Gasteiger charge is 2.16. The summed E-state index contributed by atoms with van der Waals surface area (Å²) in [5.41, 5.74) is 2.31. The first kappa shape index (κ1) is 46.0. The monoisotopic (exact) mass is 699 g/mol. The summed E-state index contributed by atoms with van der Waals surface area (Å²) in [4.78, 5) is 46.5. The molecule has 2 aromatic rings. The van der Waals surface area contributed by atoms with E-state index in [0.717, 1.165) is 31.9 Å². The van der Waals surface area contributed by atoms with E-state index in [1.807, 2.05) is 10.2 Å². The third-order valence-electron chi connectivity index (χ3n) is 6.57. The van der Waals surface area contributed by atoms with Crippen LogP contribution in [0, 0.1) is 0 Å². The summed E-state index contributed by atoms with van der Waals surface area (Å²) in [6.45, 7) is 4.49. The molecule has 11 nitrogen and oxygen atoms in total. The standard InChI is InChI=1S/C13H13N3O4S2.2C10H20O2.CH4/c1-22(19,20)15-14-13(18)10-4-2-6-16(8-10)9-11(17)12-5-3-7-21-12;2*1-2-3-4-5-6-7-8-9-10(11)12;/h2-8,15H,9H2,1H3;2*2-9H2,1H3,(H,11,12);1H4. The second-order valence-corrected chi connectivity index (χ2v) is 13.7. The van der Waals surface area contributed by atoms with Crippen molar-refractivity contribution in [3.05, 3.63) is 52.5 Å². The summed E-state index contributed by atoms with van der Waals surface area (Å²) in [7, 11) is -3.53. The Balaban J connectivity index is 0. The molecule has 13 heteroatoms. The van der Waals surface area contributed by atoms with Crippen LogP contribution in [0.25, 0.3) is 0 Å². The predicted molar refractivity (Wildman–Crippen MR) is 185 cm³/mol. The molecular weight excluding hydrogens is 643 g/mol. The zero-order chi connectivity index (χ0) is 34.6. The highest BCUT2D eigenvalue weighted by Crippen LogP contribution is 2.10. The van der Waals surface area contributed by atoms with E-state index in [4.69, 9.17) is 5.11 Å². The molecule has 0 spiro atoms. The summed E-state index contributed by atoms with van der Waals surface area (Å²) >= 11 is 1.35. The number of carboxylic acid groups (broad SMARTS) is 2. The van der Waals surface area contributed by atoms with Gasteiger partial charge in [-0.25, -0.2) is 8.42 Å². The Hall–Kier alpha value is -3.16. The number of ketones is 1. The van der Waals surface area contributed by atoms with Crippen molar-refractivity contribution in [2.45, 2.75) is 131 Å². The van der Waals surface area contributed by atoms with E-state index in [2.05, 4.69) is 19.3 Å². The molecule has 2 heterocycles. The summed E-state index contributed by atoms with van der Waals surface area (Å²) in [5, 5.41) is 20.2. The number of carbonyl (C=O) groups is 4. The van der Waals surface area contributed by atoms with Crippen molar-refractivity contribution < 1.29 is 42.4 Å². The molecule has 0 saturated carbocycles. The number of nitrogens with one attached hydrogen (secondary N) is 2. The van der Waals surface area contributed by atoms with Crippen LogP contribution in [0.4, 0.5) is 0 Å². The lowest BCUT2D eigenvalue weighted by atomic mass is 10.1. The molecule has 47 heavy (non-hydrogen) atoms. The van der Waals surface area contributed by atoms with E-state index in [1.165, 1.54) is 87.8 Å². The summed E-state index contributed by atoms with van der Waals surface area (Å²) in [6, 6.07) is 6.66. The molecule has 0 bridgehead atoms. The highest BCUT2D eigenvalue weighted by atomic mass is 32.2. The SMILES string of the molecule is C.CCCCCCCCCC(=O)O.CCCCCCCCCC(=O)[O-].CS(=O)(=O)NNC(=O)c1ccc[n+](CC(=O)c2cccs2)c1. The van der Waals surface area contributed by atoms with Gasteiger partial charge in [0.1, 0.15) is 5.56 Å². The fourth-order valence-electron chi connectivity index (χ4n) is 4.11. The summed E-state index contributed by atoms with van der Waals surface area (Å²) in [5.74, 6) is -2.25. The van der Waals surface area contributed by atoms with E-state index in [1.54, 1.807) is 29.0 Å². The van der Waals surface area contributed by atoms with Crippen molar-refractivity contribution in [1.29, 1.82) is 0 Å². The molecule has 0 fully saturated rings. The summed E-state index contributed by atoms with van der Waals surface area (Å²) in [6.07, 6.45) is 21.0. The number of aliphatic carboxylic acids is 2. The lowest BCUT2D eigenvalue weighted by Crippen LogP contribution is -2.43. The van der Waals surface area contributed by atoms with E-state index in [9.17, 15) is 32.7 Å². The minimum Gasteiger partial charge on any atom is -0.550 e. The van der Waals surface area contributed by atoms with E-state index < -0.39 is 27.9 Å². The Kier molecular flexibility index (Phi) is 28.4. The number of hydrogen-bond acceptors (Lipinski definition) is 8. The maximum atomic E-state index is 12.0. The first-order valence-corrected chi connectivity index (χ1v) is 18.9. The Labute approximate surface area is 286 Å². The van der Waals surface area contributed by atoms with Crippen molar-refractivity contribution in [3.8, 4) is 0 Å². The number of thiophene rings is 1. The number of pyridine rings is 1. The zero-order valence-corrected chi connectivity index (χ0v) is 29.3. The fourth-order valence-corrected chi connectivity index (χ4v) is 5.04. The van der Waals surface area contributed by atoms with Crippen molar-refractivity contribution >= 4 is 45.0 Å². The Morgan fingerprint density at radius 2 is 1.36 bits per heavy atom. The minimum atomic E-state index is -3.53. The number of Topliss-reactive ketones (excluding diaryl/α,β-unsaturated/α-hetero) is 1. The van der Waals surface area contributed by atoms with Crippen LogP contribution in [-0.4, -0.2) is 43.4 Å². The normalized spacial score (nSPS) is 10.4. The Morgan fingerprint density at radius 1 is 0.830 bits per heavy atom. The fraction of sp³-hybridized carbons (Fsp3) is 0.618. The number of aromatic nitrogens is 1.